The summed E-state index contributed by atoms with van der Waals surface area (Å²) in [6.07, 6.45) is 5.32. The molecule has 2 aliphatic rings. The summed E-state index contributed by atoms with van der Waals surface area (Å²) >= 11 is 1.47. The number of furan rings is 1. The highest BCUT2D eigenvalue weighted by molar-refractivity contribution is 7.99. The van der Waals surface area contributed by atoms with Gasteiger partial charge in [0.2, 0.25) is 10.0 Å². The molecule has 0 radical (unpaired) electrons. The summed E-state index contributed by atoms with van der Waals surface area (Å²) in [6.45, 7) is 4.58. The first kappa shape index (κ1) is 26.0. The van der Waals surface area contributed by atoms with Crippen molar-refractivity contribution >= 4 is 38.8 Å². The molecule has 1 saturated heterocycles. The van der Waals surface area contributed by atoms with Crippen molar-refractivity contribution in [3.63, 3.8) is 0 Å². The molecule has 11 nitrogen and oxygen atoms in total. The van der Waals surface area contributed by atoms with Gasteiger partial charge in [-0.2, -0.15) is 0 Å². The Morgan fingerprint density at radius 1 is 1.15 bits per heavy atom. The van der Waals surface area contributed by atoms with Crippen LogP contribution in [-0.2, 0) is 16.6 Å². The van der Waals surface area contributed by atoms with Crippen molar-refractivity contribution < 1.29 is 22.3 Å². The van der Waals surface area contributed by atoms with Gasteiger partial charge in [0.1, 0.15) is 31.1 Å². The molecule has 1 atom stereocenters. The Balaban J connectivity index is 1.36. The fourth-order valence-electron chi connectivity index (χ4n) is 5.11. The second kappa shape index (κ2) is 10.4. The number of aromatic nitrogens is 4. The van der Waals surface area contributed by atoms with Crippen molar-refractivity contribution in [2.75, 3.05) is 38.3 Å². The number of nitrogens with zero attached hydrogens (tertiary/aromatic N) is 5. The zero-order chi connectivity index (χ0) is 27.1. The van der Waals surface area contributed by atoms with Gasteiger partial charge in [0, 0.05) is 30.1 Å². The molecule has 2 aliphatic heterocycles. The highest BCUT2D eigenvalue weighted by Crippen LogP contribution is 2.44. The first-order chi connectivity index (χ1) is 18.8. The summed E-state index contributed by atoms with van der Waals surface area (Å²) in [6, 6.07) is 7.76. The van der Waals surface area contributed by atoms with Crippen molar-refractivity contribution in [2.45, 2.75) is 42.8 Å². The van der Waals surface area contributed by atoms with Crippen molar-refractivity contribution in [2.24, 2.45) is 5.92 Å². The highest BCUT2D eigenvalue weighted by Gasteiger charge is 2.27. The zero-order valence-corrected chi connectivity index (χ0v) is 23.4. The Labute approximate surface area is 230 Å². The van der Waals surface area contributed by atoms with E-state index >= 15 is 0 Å². The van der Waals surface area contributed by atoms with Crippen LogP contribution in [0.4, 0.5) is 5.82 Å². The average Bonchev–Trinajstić information content (AvgIpc) is 3.50. The largest absolute Gasteiger partial charge is 0.486 e. The molecule has 1 fully saturated rings. The molecule has 0 saturated carbocycles. The van der Waals surface area contributed by atoms with Crippen molar-refractivity contribution in [1.82, 2.24) is 23.8 Å². The normalized spacial score (nSPS) is 18.1. The highest BCUT2D eigenvalue weighted by atomic mass is 32.2. The molecule has 2 N–H and O–H groups in total. The smallest absolute Gasteiger partial charge is 0.211 e. The number of aryl methyl sites for hydroxylation is 2. The van der Waals surface area contributed by atoms with Gasteiger partial charge in [0.15, 0.2) is 33.6 Å². The number of piperidine rings is 1. The second-order valence-electron chi connectivity index (χ2n) is 9.90. The quantitative estimate of drug-likeness (QED) is 0.347. The third-order valence-corrected chi connectivity index (χ3v) is 9.41. The number of rotatable bonds is 7. The molecule has 206 valence electrons. The van der Waals surface area contributed by atoms with E-state index in [1.807, 2.05) is 35.8 Å². The van der Waals surface area contributed by atoms with Gasteiger partial charge in [0.05, 0.1) is 6.26 Å². The fourth-order valence-corrected chi connectivity index (χ4v) is 7.11. The maximum Gasteiger partial charge on any atom is 0.211 e. The lowest BCUT2D eigenvalue weighted by atomic mass is 9.96. The number of fused-ring (bicyclic) bond motifs is 2. The molecule has 0 amide bonds. The van der Waals surface area contributed by atoms with E-state index in [1.54, 1.807) is 4.31 Å². The molecular formula is C26H30N6O5S2. The van der Waals surface area contributed by atoms with Crippen LogP contribution < -0.4 is 15.2 Å². The van der Waals surface area contributed by atoms with Gasteiger partial charge in [-0.15, -0.1) is 0 Å². The summed E-state index contributed by atoms with van der Waals surface area (Å²) in [4.78, 5) is 14.4. The minimum absolute atomic E-state index is 0.235. The van der Waals surface area contributed by atoms with Gasteiger partial charge in [-0.3, -0.25) is 0 Å². The predicted octanol–water partition coefficient (Wildman–Crippen LogP) is 3.96. The topological polar surface area (TPSA) is 139 Å². The molecule has 0 aliphatic carbocycles. The van der Waals surface area contributed by atoms with Crippen LogP contribution in [0.3, 0.4) is 0 Å². The van der Waals surface area contributed by atoms with Crippen LogP contribution in [0.5, 0.6) is 11.5 Å². The number of imidazole rings is 1. The number of benzene rings is 1. The summed E-state index contributed by atoms with van der Waals surface area (Å²) < 4.78 is 45.6. The summed E-state index contributed by atoms with van der Waals surface area (Å²) in [7, 11) is -3.22. The van der Waals surface area contributed by atoms with E-state index < -0.39 is 10.0 Å². The summed E-state index contributed by atoms with van der Waals surface area (Å²) in [5.41, 5.74) is 8.24. The van der Waals surface area contributed by atoms with Gasteiger partial charge < -0.3 is 24.2 Å². The minimum atomic E-state index is -3.22. The SMILES string of the molecule is Cc1ccc(-c2cc3c(cc2Sc2nc4c(N)ncnc4n2CCC2CCCN(S(C)(=O)=O)C2)OCCO3)o1. The van der Waals surface area contributed by atoms with Crippen LogP contribution in [0.15, 0.2) is 45.1 Å². The molecular weight excluding hydrogens is 540 g/mol. The van der Waals surface area contributed by atoms with E-state index in [2.05, 4.69) is 9.97 Å². The number of anilines is 1. The monoisotopic (exact) mass is 570 g/mol. The Morgan fingerprint density at radius 3 is 2.69 bits per heavy atom. The van der Waals surface area contributed by atoms with E-state index in [0.29, 0.717) is 66.5 Å². The number of sulfonamides is 1. The van der Waals surface area contributed by atoms with E-state index in [-0.39, 0.29) is 5.92 Å². The Hall–Kier alpha value is -3.29. The summed E-state index contributed by atoms with van der Waals surface area (Å²) in [5, 5.41) is 0.703. The van der Waals surface area contributed by atoms with Crippen molar-refractivity contribution in [1.29, 1.82) is 0 Å². The lowest BCUT2D eigenvalue weighted by Gasteiger charge is -2.31. The average molecular weight is 571 g/mol. The van der Waals surface area contributed by atoms with Crippen molar-refractivity contribution in [3.8, 4) is 22.8 Å². The molecule has 4 aromatic rings. The van der Waals surface area contributed by atoms with E-state index in [0.717, 1.165) is 41.2 Å². The van der Waals surface area contributed by atoms with Crippen LogP contribution in [0.1, 0.15) is 25.0 Å². The summed E-state index contributed by atoms with van der Waals surface area (Å²) in [5.74, 6) is 3.41. The molecule has 0 spiro atoms. The number of hydrogen-bond donors (Lipinski definition) is 1. The second-order valence-corrected chi connectivity index (χ2v) is 12.9. The van der Waals surface area contributed by atoms with Crippen LogP contribution >= 0.6 is 11.8 Å². The van der Waals surface area contributed by atoms with Gasteiger partial charge in [-0.1, -0.05) is 11.8 Å². The minimum Gasteiger partial charge on any atom is -0.486 e. The van der Waals surface area contributed by atoms with Gasteiger partial charge in [-0.25, -0.2) is 27.7 Å². The van der Waals surface area contributed by atoms with Crippen LogP contribution in [0.2, 0.25) is 0 Å². The van der Waals surface area contributed by atoms with Gasteiger partial charge in [-0.05, 0) is 56.4 Å². The van der Waals surface area contributed by atoms with E-state index in [9.17, 15) is 8.42 Å². The number of nitrogen functional groups attached to an aromatic ring is 1. The maximum atomic E-state index is 12.1. The fraction of sp³-hybridized carbons (Fsp3) is 0.423. The lowest BCUT2D eigenvalue weighted by Crippen LogP contribution is -2.39. The van der Waals surface area contributed by atoms with Gasteiger partial charge >= 0.3 is 0 Å². The maximum absolute atomic E-state index is 12.1. The molecule has 1 unspecified atom stereocenters. The van der Waals surface area contributed by atoms with Crippen LogP contribution in [0, 0.1) is 12.8 Å². The zero-order valence-electron chi connectivity index (χ0n) is 21.8. The molecule has 1 aromatic carbocycles. The first-order valence-corrected chi connectivity index (χ1v) is 15.5. The third-order valence-electron chi connectivity index (χ3n) is 7.09. The standard InChI is InChI=1S/C26H30N6O5S2/c1-16-5-6-19(37-16)18-12-20-21(36-11-10-35-20)13-22(18)38-26-30-23-24(27)28-15-29-25(23)32(26)9-7-17-4-3-8-31(14-17)39(2,33)34/h5-6,12-13,15,17H,3-4,7-11,14H2,1-2H3,(H2,27,28,29). The molecule has 3 aromatic heterocycles. The number of nitrogens with two attached hydrogens (primary N) is 1. The number of hydrogen-bond acceptors (Lipinski definition) is 10. The molecule has 5 heterocycles. The molecule has 0 bridgehead atoms. The lowest BCUT2D eigenvalue weighted by molar-refractivity contribution is 0.171. The number of ether oxygens (including phenoxy) is 2. The van der Waals surface area contributed by atoms with Crippen LogP contribution in [0.25, 0.3) is 22.5 Å². The van der Waals surface area contributed by atoms with Crippen molar-refractivity contribution in [3.05, 3.63) is 36.4 Å². The Kier molecular flexibility index (Phi) is 6.89. The van der Waals surface area contributed by atoms with Crippen LogP contribution in [-0.4, -0.2) is 64.8 Å². The van der Waals surface area contributed by atoms with Gasteiger partial charge in [0.25, 0.3) is 0 Å². The third kappa shape index (κ3) is 5.30. The molecule has 39 heavy (non-hydrogen) atoms. The Bertz CT molecular complexity index is 1630. The van der Waals surface area contributed by atoms with E-state index in [4.69, 9.17) is 24.6 Å². The Morgan fingerprint density at radius 2 is 1.95 bits per heavy atom. The molecule has 13 heteroatoms. The first-order valence-electron chi connectivity index (χ1n) is 12.9. The van der Waals surface area contributed by atoms with E-state index in [1.165, 1.54) is 24.3 Å². The predicted molar refractivity (Wildman–Crippen MR) is 147 cm³/mol. The molecule has 6 rings (SSSR count).